The minimum atomic E-state index is 0.842. The molecule has 4 heteroatoms. The molecule has 56 valence electrons. The molecule has 0 spiro atoms. The van der Waals surface area contributed by atoms with Gasteiger partial charge >= 0.3 is 0 Å². The molecule has 0 aromatic carbocycles. The van der Waals surface area contributed by atoms with Gasteiger partial charge in [0.15, 0.2) is 0 Å². The van der Waals surface area contributed by atoms with E-state index in [0.717, 1.165) is 11.0 Å². The van der Waals surface area contributed by atoms with Gasteiger partial charge in [-0.25, -0.2) is 4.98 Å². The van der Waals surface area contributed by atoms with Gasteiger partial charge in [0.1, 0.15) is 24.5 Å². The standard InChI is InChI=1S/C7H7N3O/c1-11-10-5-9-6-4-8-3-2-7(6)10/h2-5H,1H3. The molecule has 0 aliphatic rings. The van der Waals surface area contributed by atoms with E-state index in [1.807, 2.05) is 6.07 Å². The maximum absolute atomic E-state index is 4.99. The van der Waals surface area contributed by atoms with E-state index < -0.39 is 0 Å². The number of pyridine rings is 1. The zero-order valence-corrected chi connectivity index (χ0v) is 6.06. The molecule has 0 aliphatic carbocycles. The van der Waals surface area contributed by atoms with Crippen LogP contribution in [0.25, 0.3) is 11.0 Å². The number of imidazole rings is 1. The van der Waals surface area contributed by atoms with E-state index in [1.54, 1.807) is 30.6 Å². The summed E-state index contributed by atoms with van der Waals surface area (Å²) in [4.78, 5) is 13.0. The number of aromatic nitrogens is 3. The van der Waals surface area contributed by atoms with Crippen molar-refractivity contribution in [2.45, 2.75) is 0 Å². The number of nitrogens with zero attached hydrogens (tertiary/aromatic N) is 3. The van der Waals surface area contributed by atoms with Gasteiger partial charge in [0.05, 0.1) is 6.20 Å². The molecule has 2 aromatic rings. The summed E-state index contributed by atoms with van der Waals surface area (Å²) in [6.07, 6.45) is 5.02. The Bertz CT molecular complexity index is 368. The van der Waals surface area contributed by atoms with Gasteiger partial charge in [0, 0.05) is 6.20 Å². The van der Waals surface area contributed by atoms with Gasteiger partial charge in [-0.2, -0.15) is 4.73 Å². The fraction of sp³-hybridized carbons (Fsp3) is 0.143. The zero-order valence-electron chi connectivity index (χ0n) is 6.06. The summed E-state index contributed by atoms with van der Waals surface area (Å²) in [6.45, 7) is 0. The predicted molar refractivity (Wildman–Crippen MR) is 40.0 cm³/mol. The molecule has 0 radical (unpaired) electrons. The fourth-order valence-corrected chi connectivity index (χ4v) is 0.987. The molecule has 0 atom stereocenters. The molecule has 2 aromatic heterocycles. The number of hydrogen-bond acceptors (Lipinski definition) is 3. The van der Waals surface area contributed by atoms with Crippen LogP contribution in [0, 0.1) is 0 Å². The molecular weight excluding hydrogens is 142 g/mol. The van der Waals surface area contributed by atoms with E-state index in [9.17, 15) is 0 Å². The Morgan fingerprint density at radius 2 is 2.45 bits per heavy atom. The van der Waals surface area contributed by atoms with Crippen LogP contribution in [-0.4, -0.2) is 21.8 Å². The molecule has 0 saturated heterocycles. The van der Waals surface area contributed by atoms with Crippen LogP contribution in [0.4, 0.5) is 0 Å². The van der Waals surface area contributed by atoms with Crippen molar-refractivity contribution in [2.75, 3.05) is 7.11 Å². The van der Waals surface area contributed by atoms with Crippen molar-refractivity contribution < 1.29 is 4.84 Å². The number of rotatable bonds is 1. The lowest BCUT2D eigenvalue weighted by molar-refractivity contribution is 0.177. The Balaban J connectivity index is 2.76. The SMILES string of the molecule is COn1cnc2cnccc21. The largest absolute Gasteiger partial charge is 0.416 e. The van der Waals surface area contributed by atoms with Gasteiger partial charge < -0.3 is 4.84 Å². The Hall–Kier alpha value is -1.58. The summed E-state index contributed by atoms with van der Waals surface area (Å²) in [5.74, 6) is 0. The molecule has 4 nitrogen and oxygen atoms in total. The summed E-state index contributed by atoms with van der Waals surface area (Å²) in [5, 5.41) is 0. The molecule has 0 amide bonds. The number of fused-ring (bicyclic) bond motifs is 1. The molecular formula is C7H7N3O. The highest BCUT2D eigenvalue weighted by atomic mass is 16.6. The average molecular weight is 149 g/mol. The molecule has 0 aliphatic heterocycles. The second kappa shape index (κ2) is 2.23. The Labute approximate surface area is 63.4 Å². The van der Waals surface area contributed by atoms with Crippen LogP contribution in [0.3, 0.4) is 0 Å². The zero-order chi connectivity index (χ0) is 7.68. The smallest absolute Gasteiger partial charge is 0.133 e. The van der Waals surface area contributed by atoms with Crippen molar-refractivity contribution in [3.05, 3.63) is 24.8 Å². The van der Waals surface area contributed by atoms with Crippen LogP contribution in [-0.2, 0) is 0 Å². The third kappa shape index (κ3) is 0.832. The second-order valence-electron chi connectivity index (χ2n) is 2.12. The van der Waals surface area contributed by atoms with E-state index in [2.05, 4.69) is 9.97 Å². The summed E-state index contributed by atoms with van der Waals surface area (Å²) >= 11 is 0. The molecule has 0 fully saturated rings. The maximum Gasteiger partial charge on any atom is 0.133 e. The Morgan fingerprint density at radius 1 is 1.55 bits per heavy atom. The van der Waals surface area contributed by atoms with Crippen LogP contribution in [0.15, 0.2) is 24.8 Å². The first-order valence-electron chi connectivity index (χ1n) is 3.23. The monoisotopic (exact) mass is 149 g/mol. The summed E-state index contributed by atoms with van der Waals surface area (Å²) in [7, 11) is 1.60. The maximum atomic E-state index is 4.99. The lowest BCUT2D eigenvalue weighted by Crippen LogP contribution is -2.02. The first-order valence-corrected chi connectivity index (χ1v) is 3.23. The van der Waals surface area contributed by atoms with Gasteiger partial charge in [-0.15, -0.1) is 0 Å². The van der Waals surface area contributed by atoms with Crippen molar-refractivity contribution in [2.24, 2.45) is 0 Å². The molecule has 0 bridgehead atoms. The molecule has 2 heterocycles. The second-order valence-corrected chi connectivity index (χ2v) is 2.12. The van der Waals surface area contributed by atoms with Crippen molar-refractivity contribution >= 4 is 11.0 Å². The van der Waals surface area contributed by atoms with Gasteiger partial charge in [-0.05, 0) is 6.07 Å². The highest BCUT2D eigenvalue weighted by molar-refractivity contribution is 5.73. The van der Waals surface area contributed by atoms with Gasteiger partial charge in [0.2, 0.25) is 0 Å². The average Bonchev–Trinajstić information content (AvgIpc) is 2.47. The first kappa shape index (κ1) is 6.15. The van der Waals surface area contributed by atoms with Crippen molar-refractivity contribution in [1.29, 1.82) is 0 Å². The third-order valence-corrected chi connectivity index (χ3v) is 1.51. The minimum absolute atomic E-state index is 0.842. The first-order chi connectivity index (χ1) is 5.42. The van der Waals surface area contributed by atoms with Gasteiger partial charge in [0.25, 0.3) is 0 Å². The van der Waals surface area contributed by atoms with Crippen LogP contribution >= 0.6 is 0 Å². The highest BCUT2D eigenvalue weighted by Gasteiger charge is 1.99. The predicted octanol–water partition coefficient (Wildman–Crippen LogP) is 0.490. The highest BCUT2D eigenvalue weighted by Crippen LogP contribution is 2.07. The quantitative estimate of drug-likeness (QED) is 0.592. The molecule has 11 heavy (non-hydrogen) atoms. The number of hydrogen-bond donors (Lipinski definition) is 0. The molecule has 0 unspecified atom stereocenters. The fourth-order valence-electron chi connectivity index (χ4n) is 0.987. The summed E-state index contributed by atoms with van der Waals surface area (Å²) < 4.78 is 1.59. The van der Waals surface area contributed by atoms with Crippen molar-refractivity contribution in [3.63, 3.8) is 0 Å². The normalized spacial score (nSPS) is 10.3. The van der Waals surface area contributed by atoms with Crippen molar-refractivity contribution in [3.8, 4) is 0 Å². The minimum Gasteiger partial charge on any atom is -0.416 e. The molecule has 0 N–H and O–H groups in total. The van der Waals surface area contributed by atoms with E-state index in [-0.39, 0.29) is 0 Å². The van der Waals surface area contributed by atoms with E-state index in [4.69, 9.17) is 4.84 Å². The van der Waals surface area contributed by atoms with Gasteiger partial charge in [-0.1, -0.05) is 0 Å². The van der Waals surface area contributed by atoms with Crippen molar-refractivity contribution in [1.82, 2.24) is 14.7 Å². The Kier molecular flexibility index (Phi) is 1.25. The molecule has 0 saturated carbocycles. The lowest BCUT2D eigenvalue weighted by Gasteiger charge is -1.97. The van der Waals surface area contributed by atoms with Crippen LogP contribution < -0.4 is 4.84 Å². The van der Waals surface area contributed by atoms with E-state index in [1.165, 1.54) is 0 Å². The van der Waals surface area contributed by atoms with Crippen LogP contribution in [0.2, 0.25) is 0 Å². The Morgan fingerprint density at radius 3 is 3.27 bits per heavy atom. The van der Waals surface area contributed by atoms with E-state index in [0.29, 0.717) is 0 Å². The topological polar surface area (TPSA) is 39.9 Å². The van der Waals surface area contributed by atoms with Crippen LogP contribution in [0.5, 0.6) is 0 Å². The lowest BCUT2D eigenvalue weighted by atomic mass is 10.4. The van der Waals surface area contributed by atoms with Crippen LogP contribution in [0.1, 0.15) is 0 Å². The molecule has 2 rings (SSSR count). The summed E-state index contributed by atoms with van der Waals surface area (Å²) in [6, 6.07) is 1.85. The summed E-state index contributed by atoms with van der Waals surface area (Å²) in [5.41, 5.74) is 1.77. The van der Waals surface area contributed by atoms with Gasteiger partial charge in [-0.3, -0.25) is 4.98 Å². The third-order valence-electron chi connectivity index (χ3n) is 1.51. The van der Waals surface area contributed by atoms with E-state index >= 15 is 0 Å².